The number of carbonyl (C=O) groups excluding carboxylic acids is 1. The Morgan fingerprint density at radius 2 is 2.14 bits per heavy atom. The van der Waals surface area contributed by atoms with Crippen LogP contribution in [-0.4, -0.2) is 46.9 Å². The van der Waals surface area contributed by atoms with Crippen LogP contribution in [0, 0.1) is 0 Å². The number of rotatable bonds is 6. The van der Waals surface area contributed by atoms with E-state index in [1.807, 2.05) is 13.0 Å². The van der Waals surface area contributed by atoms with Gasteiger partial charge in [0.2, 0.25) is 5.91 Å². The van der Waals surface area contributed by atoms with Crippen LogP contribution >= 0.6 is 0 Å². The molecule has 0 bridgehead atoms. The lowest BCUT2D eigenvalue weighted by atomic mass is 10.1. The summed E-state index contributed by atoms with van der Waals surface area (Å²) >= 11 is 0. The van der Waals surface area contributed by atoms with E-state index in [1.165, 1.54) is 12.1 Å². The number of amides is 1. The molecule has 0 N–H and O–H groups in total. The Morgan fingerprint density at radius 1 is 1.34 bits per heavy atom. The average Bonchev–Trinajstić information content (AvgIpc) is 3.08. The molecule has 0 radical (unpaired) electrons. The standard InChI is InChI=1S/C20H24F3N3O3/c1-3-19(27)26-8-10-29-18(13-26)17-12-15(25(2)24-17)7-9-28-16-6-4-5-14(11-16)20(21,22)23/h4-6,11-12,18H,3,7-10,13H2,1-2H3/t18-/m1/s1. The number of carbonyl (C=O) groups is 1. The zero-order valence-electron chi connectivity index (χ0n) is 16.4. The summed E-state index contributed by atoms with van der Waals surface area (Å²) in [5, 5.41) is 4.48. The van der Waals surface area contributed by atoms with Crippen LogP contribution in [-0.2, 0) is 29.2 Å². The molecule has 1 fully saturated rings. The predicted octanol–water partition coefficient (Wildman–Crippen LogP) is 3.37. The molecular weight excluding hydrogens is 387 g/mol. The van der Waals surface area contributed by atoms with E-state index in [0.717, 1.165) is 23.5 Å². The minimum Gasteiger partial charge on any atom is -0.493 e. The van der Waals surface area contributed by atoms with Gasteiger partial charge in [-0.3, -0.25) is 9.48 Å². The van der Waals surface area contributed by atoms with Gasteiger partial charge < -0.3 is 14.4 Å². The lowest BCUT2D eigenvalue weighted by Crippen LogP contribution is -2.42. The highest BCUT2D eigenvalue weighted by Gasteiger charge is 2.30. The molecule has 9 heteroatoms. The number of morpholine rings is 1. The number of aromatic nitrogens is 2. The molecule has 6 nitrogen and oxygen atoms in total. The van der Waals surface area contributed by atoms with E-state index in [4.69, 9.17) is 9.47 Å². The number of alkyl halides is 3. The van der Waals surface area contributed by atoms with Crippen LogP contribution in [0.5, 0.6) is 5.75 Å². The van der Waals surface area contributed by atoms with E-state index in [9.17, 15) is 18.0 Å². The molecule has 29 heavy (non-hydrogen) atoms. The van der Waals surface area contributed by atoms with Crippen molar-refractivity contribution in [2.24, 2.45) is 7.05 Å². The maximum absolute atomic E-state index is 12.8. The fraction of sp³-hybridized carbons (Fsp3) is 0.500. The van der Waals surface area contributed by atoms with Crippen molar-refractivity contribution in [1.82, 2.24) is 14.7 Å². The van der Waals surface area contributed by atoms with Crippen molar-refractivity contribution in [2.45, 2.75) is 32.0 Å². The minimum atomic E-state index is -4.40. The molecule has 1 aromatic carbocycles. The largest absolute Gasteiger partial charge is 0.493 e. The molecule has 0 saturated carbocycles. The quantitative estimate of drug-likeness (QED) is 0.732. The van der Waals surface area contributed by atoms with E-state index < -0.39 is 11.7 Å². The van der Waals surface area contributed by atoms with Crippen LogP contribution in [0.15, 0.2) is 30.3 Å². The van der Waals surface area contributed by atoms with Crippen molar-refractivity contribution < 1.29 is 27.4 Å². The number of aryl methyl sites for hydroxylation is 1. The molecule has 1 aromatic heterocycles. The molecule has 2 aromatic rings. The Morgan fingerprint density at radius 3 is 2.86 bits per heavy atom. The maximum atomic E-state index is 12.8. The minimum absolute atomic E-state index is 0.0870. The van der Waals surface area contributed by atoms with E-state index >= 15 is 0 Å². The first-order valence-electron chi connectivity index (χ1n) is 9.50. The molecule has 3 rings (SSSR count). The highest BCUT2D eigenvalue weighted by Crippen LogP contribution is 2.31. The molecule has 0 unspecified atom stereocenters. The first-order chi connectivity index (χ1) is 13.8. The number of benzene rings is 1. The Bertz CT molecular complexity index is 851. The van der Waals surface area contributed by atoms with E-state index in [0.29, 0.717) is 32.5 Å². The van der Waals surface area contributed by atoms with Gasteiger partial charge in [-0.05, 0) is 24.3 Å². The van der Waals surface area contributed by atoms with Gasteiger partial charge in [0.1, 0.15) is 11.9 Å². The van der Waals surface area contributed by atoms with Crippen LogP contribution in [0.25, 0.3) is 0 Å². The van der Waals surface area contributed by atoms with E-state index in [1.54, 1.807) is 16.6 Å². The van der Waals surface area contributed by atoms with Crippen molar-refractivity contribution in [1.29, 1.82) is 0 Å². The normalized spacial score (nSPS) is 17.4. The van der Waals surface area contributed by atoms with Gasteiger partial charge in [-0.1, -0.05) is 13.0 Å². The Labute approximate surface area is 167 Å². The third-order valence-electron chi connectivity index (χ3n) is 4.84. The van der Waals surface area contributed by atoms with Crippen molar-refractivity contribution in [3.8, 4) is 5.75 Å². The third kappa shape index (κ3) is 5.29. The smallest absolute Gasteiger partial charge is 0.416 e. The van der Waals surface area contributed by atoms with Gasteiger partial charge in [0.05, 0.1) is 31.0 Å². The van der Waals surface area contributed by atoms with Gasteiger partial charge >= 0.3 is 6.18 Å². The highest BCUT2D eigenvalue weighted by atomic mass is 19.4. The molecule has 2 heterocycles. The van der Waals surface area contributed by atoms with Gasteiger partial charge in [0, 0.05) is 32.1 Å². The molecule has 0 spiro atoms. The summed E-state index contributed by atoms with van der Waals surface area (Å²) in [5.74, 6) is 0.260. The first kappa shape index (κ1) is 21.2. The van der Waals surface area contributed by atoms with Crippen LogP contribution in [0.1, 0.15) is 36.4 Å². The van der Waals surface area contributed by atoms with Crippen LogP contribution < -0.4 is 4.74 Å². The fourth-order valence-electron chi connectivity index (χ4n) is 3.24. The number of halogens is 3. The lowest BCUT2D eigenvalue weighted by Gasteiger charge is -2.32. The molecule has 1 amide bonds. The van der Waals surface area contributed by atoms with Gasteiger partial charge in [-0.25, -0.2) is 0 Å². The van der Waals surface area contributed by atoms with E-state index in [-0.39, 0.29) is 24.4 Å². The summed E-state index contributed by atoms with van der Waals surface area (Å²) in [7, 11) is 1.79. The Hall–Kier alpha value is -2.55. The summed E-state index contributed by atoms with van der Waals surface area (Å²) in [6.07, 6.45) is -3.76. The molecular formula is C20H24F3N3O3. The average molecular weight is 411 g/mol. The second kappa shape index (κ2) is 8.86. The Balaban J connectivity index is 1.59. The van der Waals surface area contributed by atoms with Crippen molar-refractivity contribution in [2.75, 3.05) is 26.3 Å². The van der Waals surface area contributed by atoms with Gasteiger partial charge in [-0.2, -0.15) is 18.3 Å². The summed E-state index contributed by atoms with van der Waals surface area (Å²) in [6, 6.07) is 6.71. The summed E-state index contributed by atoms with van der Waals surface area (Å²) in [5.41, 5.74) is 0.864. The second-order valence-corrected chi connectivity index (χ2v) is 6.86. The monoisotopic (exact) mass is 411 g/mol. The molecule has 1 atom stereocenters. The molecule has 158 valence electrons. The molecule has 1 saturated heterocycles. The molecule has 1 aliphatic heterocycles. The van der Waals surface area contributed by atoms with Crippen LogP contribution in [0.3, 0.4) is 0 Å². The van der Waals surface area contributed by atoms with Crippen LogP contribution in [0.4, 0.5) is 13.2 Å². The third-order valence-corrected chi connectivity index (χ3v) is 4.84. The number of nitrogens with zero attached hydrogens (tertiary/aromatic N) is 3. The lowest BCUT2D eigenvalue weighted by molar-refractivity contribution is -0.139. The molecule has 1 aliphatic rings. The van der Waals surface area contributed by atoms with Crippen molar-refractivity contribution >= 4 is 5.91 Å². The topological polar surface area (TPSA) is 56.6 Å². The number of ether oxygens (including phenoxy) is 2. The SMILES string of the molecule is CCC(=O)N1CCO[C@@H](c2cc(CCOc3cccc(C(F)(F)F)c3)n(C)n2)C1. The fourth-order valence-corrected chi connectivity index (χ4v) is 3.24. The summed E-state index contributed by atoms with van der Waals surface area (Å²) in [4.78, 5) is 13.7. The van der Waals surface area contributed by atoms with Gasteiger partial charge in [-0.15, -0.1) is 0 Å². The number of hydrogen-bond donors (Lipinski definition) is 0. The highest BCUT2D eigenvalue weighted by molar-refractivity contribution is 5.75. The number of hydrogen-bond acceptors (Lipinski definition) is 4. The van der Waals surface area contributed by atoms with Crippen LogP contribution in [0.2, 0.25) is 0 Å². The summed E-state index contributed by atoms with van der Waals surface area (Å²) in [6.45, 7) is 3.54. The Kier molecular flexibility index (Phi) is 6.46. The van der Waals surface area contributed by atoms with E-state index in [2.05, 4.69) is 5.10 Å². The predicted molar refractivity (Wildman–Crippen MR) is 99.4 cm³/mol. The maximum Gasteiger partial charge on any atom is 0.416 e. The summed E-state index contributed by atoms with van der Waals surface area (Å²) < 4.78 is 51.3. The van der Waals surface area contributed by atoms with Gasteiger partial charge in [0.15, 0.2) is 0 Å². The van der Waals surface area contributed by atoms with Gasteiger partial charge in [0.25, 0.3) is 0 Å². The van der Waals surface area contributed by atoms with Crippen molar-refractivity contribution in [3.05, 3.63) is 47.3 Å². The zero-order valence-corrected chi connectivity index (χ0v) is 16.4. The first-order valence-corrected chi connectivity index (χ1v) is 9.50. The second-order valence-electron chi connectivity index (χ2n) is 6.86. The van der Waals surface area contributed by atoms with Crippen molar-refractivity contribution in [3.63, 3.8) is 0 Å². The zero-order chi connectivity index (χ0) is 21.0. The molecule has 0 aliphatic carbocycles.